The van der Waals surface area contributed by atoms with E-state index in [9.17, 15) is 0 Å². The Bertz CT molecular complexity index is 242. The third-order valence-corrected chi connectivity index (χ3v) is 5.82. The number of rotatable bonds is 7. The third-order valence-electron chi connectivity index (χ3n) is 4.78. The highest BCUT2D eigenvalue weighted by Gasteiger charge is 2.58. The zero-order valence-corrected chi connectivity index (χ0v) is 12.3. The van der Waals surface area contributed by atoms with Gasteiger partial charge in [-0.2, -0.15) is 11.8 Å². The first-order valence-electron chi connectivity index (χ1n) is 7.10. The van der Waals surface area contributed by atoms with Gasteiger partial charge in [-0.25, -0.2) is 0 Å². The van der Waals surface area contributed by atoms with E-state index >= 15 is 0 Å². The van der Waals surface area contributed by atoms with Crippen LogP contribution in [-0.4, -0.2) is 36.8 Å². The van der Waals surface area contributed by atoms with Crippen molar-refractivity contribution in [1.29, 1.82) is 0 Å². The minimum absolute atomic E-state index is 0.526. The molecule has 0 radical (unpaired) electrons. The van der Waals surface area contributed by atoms with Crippen molar-refractivity contribution in [2.75, 3.05) is 19.4 Å². The highest BCUT2D eigenvalue weighted by molar-refractivity contribution is 7.99. The molecule has 0 heterocycles. The monoisotopic (exact) mass is 257 g/mol. The van der Waals surface area contributed by atoms with E-state index in [4.69, 9.17) is 4.74 Å². The van der Waals surface area contributed by atoms with Crippen molar-refractivity contribution in [3.63, 3.8) is 0 Å². The maximum atomic E-state index is 5.87. The maximum absolute atomic E-state index is 5.87. The molecular formula is C14H27NOS. The molecule has 0 saturated heterocycles. The van der Waals surface area contributed by atoms with Crippen LogP contribution >= 0.6 is 11.8 Å². The summed E-state index contributed by atoms with van der Waals surface area (Å²) < 4.78 is 5.87. The molecule has 1 N–H and O–H groups in total. The van der Waals surface area contributed by atoms with Crippen LogP contribution < -0.4 is 5.32 Å². The van der Waals surface area contributed by atoms with Crippen molar-refractivity contribution in [3.8, 4) is 0 Å². The standard InChI is InChI=1S/C14H27NOS/c1-4-16-13-10-12(14(13)7-5-8-14)15-9-6-11(2)17-3/h11-13,15H,4-10H2,1-3H3. The van der Waals surface area contributed by atoms with Crippen LogP contribution in [0.15, 0.2) is 0 Å². The topological polar surface area (TPSA) is 21.3 Å². The molecule has 2 fully saturated rings. The van der Waals surface area contributed by atoms with Crippen LogP contribution in [0, 0.1) is 5.41 Å². The van der Waals surface area contributed by atoms with Crippen LogP contribution in [0.4, 0.5) is 0 Å². The molecule has 2 aliphatic carbocycles. The fourth-order valence-electron chi connectivity index (χ4n) is 3.30. The average molecular weight is 257 g/mol. The lowest BCUT2D eigenvalue weighted by Crippen LogP contribution is -2.67. The Balaban J connectivity index is 1.72. The maximum Gasteiger partial charge on any atom is 0.0661 e. The average Bonchev–Trinajstić information content (AvgIpc) is 2.24. The zero-order chi connectivity index (χ0) is 12.3. The number of hydrogen-bond acceptors (Lipinski definition) is 3. The van der Waals surface area contributed by atoms with E-state index in [1.165, 1.54) is 38.6 Å². The summed E-state index contributed by atoms with van der Waals surface area (Å²) in [5.74, 6) is 0. The molecule has 2 rings (SSSR count). The van der Waals surface area contributed by atoms with Crippen LogP contribution in [0.5, 0.6) is 0 Å². The minimum Gasteiger partial charge on any atom is -0.378 e. The molecule has 3 heteroatoms. The Morgan fingerprint density at radius 1 is 1.47 bits per heavy atom. The smallest absolute Gasteiger partial charge is 0.0661 e. The summed E-state index contributed by atoms with van der Waals surface area (Å²) in [5.41, 5.74) is 0.526. The summed E-state index contributed by atoms with van der Waals surface area (Å²) in [6.45, 7) is 6.48. The van der Waals surface area contributed by atoms with Crippen molar-refractivity contribution in [2.45, 2.75) is 63.3 Å². The highest BCUT2D eigenvalue weighted by atomic mass is 32.2. The lowest BCUT2D eigenvalue weighted by Gasteiger charge is -2.61. The van der Waals surface area contributed by atoms with Crippen LogP contribution in [-0.2, 0) is 4.74 Å². The summed E-state index contributed by atoms with van der Waals surface area (Å²) >= 11 is 1.97. The number of ether oxygens (including phenoxy) is 1. The predicted octanol–water partition coefficient (Wildman–Crippen LogP) is 3.07. The summed E-state index contributed by atoms with van der Waals surface area (Å²) in [7, 11) is 0. The highest BCUT2D eigenvalue weighted by Crippen LogP contribution is 2.57. The van der Waals surface area contributed by atoms with E-state index in [0.717, 1.165) is 17.9 Å². The summed E-state index contributed by atoms with van der Waals surface area (Å²) in [6, 6.07) is 0.738. The molecule has 100 valence electrons. The summed E-state index contributed by atoms with van der Waals surface area (Å²) in [5, 5.41) is 4.55. The Kier molecular flexibility index (Phi) is 4.79. The molecule has 2 aliphatic rings. The van der Waals surface area contributed by atoms with E-state index in [1.54, 1.807) is 0 Å². The SMILES string of the molecule is CCOC1CC(NCCC(C)SC)C12CCC2. The van der Waals surface area contributed by atoms with Crippen molar-refractivity contribution >= 4 is 11.8 Å². The van der Waals surface area contributed by atoms with Gasteiger partial charge < -0.3 is 10.1 Å². The van der Waals surface area contributed by atoms with E-state index in [0.29, 0.717) is 11.5 Å². The molecule has 3 unspecified atom stereocenters. The third kappa shape index (κ3) is 2.66. The van der Waals surface area contributed by atoms with Gasteiger partial charge in [0.25, 0.3) is 0 Å². The normalized spacial score (nSPS) is 31.9. The number of thioether (sulfide) groups is 1. The fraction of sp³-hybridized carbons (Fsp3) is 1.00. The van der Waals surface area contributed by atoms with Gasteiger partial charge in [0.2, 0.25) is 0 Å². The van der Waals surface area contributed by atoms with Gasteiger partial charge in [0, 0.05) is 23.3 Å². The van der Waals surface area contributed by atoms with Gasteiger partial charge in [-0.1, -0.05) is 13.3 Å². The van der Waals surface area contributed by atoms with Gasteiger partial charge in [-0.3, -0.25) is 0 Å². The first-order chi connectivity index (χ1) is 8.23. The van der Waals surface area contributed by atoms with Crippen molar-refractivity contribution in [2.24, 2.45) is 5.41 Å². The molecule has 3 atom stereocenters. The van der Waals surface area contributed by atoms with E-state index in [-0.39, 0.29) is 0 Å². The predicted molar refractivity (Wildman–Crippen MR) is 75.7 cm³/mol. The summed E-state index contributed by atoms with van der Waals surface area (Å²) in [6.07, 6.45) is 9.45. The Morgan fingerprint density at radius 3 is 2.76 bits per heavy atom. The second-order valence-corrected chi connectivity index (χ2v) is 6.88. The second-order valence-electron chi connectivity index (χ2n) is 5.61. The first-order valence-corrected chi connectivity index (χ1v) is 8.39. The second kappa shape index (κ2) is 5.94. The molecule has 2 saturated carbocycles. The van der Waals surface area contributed by atoms with Gasteiger partial charge in [-0.05, 0) is 45.4 Å². The molecule has 0 aromatic rings. The molecule has 0 amide bonds. The molecule has 0 aromatic carbocycles. The van der Waals surface area contributed by atoms with Crippen LogP contribution in [0.2, 0.25) is 0 Å². The van der Waals surface area contributed by atoms with E-state index in [2.05, 4.69) is 25.4 Å². The number of hydrogen-bond donors (Lipinski definition) is 1. The largest absolute Gasteiger partial charge is 0.378 e. The van der Waals surface area contributed by atoms with Gasteiger partial charge in [0.1, 0.15) is 0 Å². The minimum atomic E-state index is 0.526. The molecule has 0 aromatic heterocycles. The van der Waals surface area contributed by atoms with Crippen LogP contribution in [0.3, 0.4) is 0 Å². The van der Waals surface area contributed by atoms with E-state index < -0.39 is 0 Å². The first kappa shape index (κ1) is 13.7. The molecule has 17 heavy (non-hydrogen) atoms. The van der Waals surface area contributed by atoms with Crippen LogP contribution in [0.1, 0.15) is 46.0 Å². The van der Waals surface area contributed by atoms with Gasteiger partial charge in [-0.15, -0.1) is 0 Å². The van der Waals surface area contributed by atoms with Crippen molar-refractivity contribution in [1.82, 2.24) is 5.32 Å². The number of nitrogens with one attached hydrogen (secondary N) is 1. The lowest BCUT2D eigenvalue weighted by molar-refractivity contribution is -0.172. The Morgan fingerprint density at radius 2 is 2.24 bits per heavy atom. The molecular weight excluding hydrogens is 230 g/mol. The molecule has 0 aliphatic heterocycles. The van der Waals surface area contributed by atoms with Gasteiger partial charge in [0.05, 0.1) is 6.10 Å². The molecule has 0 bridgehead atoms. The fourth-order valence-corrected chi connectivity index (χ4v) is 3.66. The zero-order valence-electron chi connectivity index (χ0n) is 11.5. The Labute approximate surface area is 110 Å². The van der Waals surface area contributed by atoms with Crippen LogP contribution in [0.25, 0.3) is 0 Å². The lowest BCUT2D eigenvalue weighted by atomic mass is 9.51. The molecule has 1 spiro atoms. The van der Waals surface area contributed by atoms with Gasteiger partial charge >= 0.3 is 0 Å². The van der Waals surface area contributed by atoms with E-state index in [1.807, 2.05) is 11.8 Å². The summed E-state index contributed by atoms with van der Waals surface area (Å²) in [4.78, 5) is 0. The molecule has 2 nitrogen and oxygen atoms in total. The Hall–Kier alpha value is 0.270. The quantitative estimate of drug-likeness (QED) is 0.757. The van der Waals surface area contributed by atoms with Crippen molar-refractivity contribution in [3.05, 3.63) is 0 Å². The van der Waals surface area contributed by atoms with Gasteiger partial charge in [0.15, 0.2) is 0 Å². The van der Waals surface area contributed by atoms with Crippen molar-refractivity contribution < 1.29 is 4.74 Å².